The van der Waals surface area contributed by atoms with E-state index in [9.17, 15) is 13.6 Å². The number of benzene rings is 1. The molecule has 0 aliphatic heterocycles. The molecule has 100 valence electrons. The standard InChI is InChI=1S/C12H9BrF2N2O2/c1-17-11(18)8(6-16)4-7-5-9(13)2-3-10(7)19-12(14)15/h2-5,12H,1H3,(H,17,18)/b8-4+. The molecule has 0 spiro atoms. The van der Waals surface area contributed by atoms with Crippen LogP contribution in [0, 0.1) is 11.3 Å². The van der Waals surface area contributed by atoms with Gasteiger partial charge in [0.05, 0.1) is 0 Å². The number of carbonyl (C=O) groups is 1. The van der Waals surface area contributed by atoms with Crippen LogP contribution < -0.4 is 10.1 Å². The van der Waals surface area contributed by atoms with Crippen LogP contribution in [0.15, 0.2) is 28.2 Å². The van der Waals surface area contributed by atoms with E-state index in [0.29, 0.717) is 4.47 Å². The Morgan fingerprint density at radius 3 is 2.79 bits per heavy atom. The molecule has 0 heterocycles. The number of rotatable bonds is 4. The summed E-state index contributed by atoms with van der Waals surface area (Å²) in [4.78, 5) is 11.4. The first-order valence-electron chi connectivity index (χ1n) is 5.06. The highest BCUT2D eigenvalue weighted by Gasteiger charge is 2.12. The summed E-state index contributed by atoms with van der Waals surface area (Å²) >= 11 is 3.17. The molecule has 7 heteroatoms. The average Bonchev–Trinajstić information content (AvgIpc) is 2.37. The summed E-state index contributed by atoms with van der Waals surface area (Å²) in [7, 11) is 1.37. The maximum Gasteiger partial charge on any atom is 0.387 e. The molecule has 1 aromatic rings. The lowest BCUT2D eigenvalue weighted by atomic mass is 10.1. The van der Waals surface area contributed by atoms with Crippen molar-refractivity contribution in [1.29, 1.82) is 5.26 Å². The van der Waals surface area contributed by atoms with E-state index < -0.39 is 12.5 Å². The van der Waals surface area contributed by atoms with Crippen LogP contribution in [-0.4, -0.2) is 19.6 Å². The monoisotopic (exact) mass is 330 g/mol. The van der Waals surface area contributed by atoms with Gasteiger partial charge in [-0.15, -0.1) is 0 Å². The predicted octanol–water partition coefficient (Wildman–Crippen LogP) is 2.70. The second kappa shape index (κ2) is 6.85. The summed E-state index contributed by atoms with van der Waals surface area (Å²) in [5, 5.41) is 11.1. The lowest BCUT2D eigenvalue weighted by Gasteiger charge is -2.08. The topological polar surface area (TPSA) is 62.1 Å². The second-order valence-corrected chi connectivity index (χ2v) is 4.23. The molecular formula is C12H9BrF2N2O2. The van der Waals surface area contributed by atoms with Crippen molar-refractivity contribution >= 4 is 27.9 Å². The molecule has 0 saturated carbocycles. The van der Waals surface area contributed by atoms with Crippen molar-refractivity contribution in [3.8, 4) is 11.8 Å². The molecule has 0 aliphatic carbocycles. The Bertz CT molecular complexity index is 553. The van der Waals surface area contributed by atoms with Crippen LogP contribution in [0.5, 0.6) is 5.75 Å². The van der Waals surface area contributed by atoms with Gasteiger partial charge in [-0.2, -0.15) is 14.0 Å². The third kappa shape index (κ3) is 4.34. The number of nitrogens with zero attached hydrogens (tertiary/aromatic N) is 1. The number of hydrogen-bond acceptors (Lipinski definition) is 3. The van der Waals surface area contributed by atoms with E-state index in [0.717, 1.165) is 0 Å². The number of ether oxygens (including phenoxy) is 1. The van der Waals surface area contributed by atoms with Gasteiger partial charge in [-0.3, -0.25) is 4.79 Å². The zero-order chi connectivity index (χ0) is 14.4. The van der Waals surface area contributed by atoms with E-state index in [1.165, 1.54) is 31.3 Å². The third-order valence-electron chi connectivity index (χ3n) is 2.08. The maximum atomic E-state index is 12.2. The lowest BCUT2D eigenvalue weighted by Crippen LogP contribution is -2.19. The minimum Gasteiger partial charge on any atom is -0.434 e. The molecule has 0 atom stereocenters. The highest BCUT2D eigenvalue weighted by atomic mass is 79.9. The third-order valence-corrected chi connectivity index (χ3v) is 2.57. The Kier molecular flexibility index (Phi) is 5.45. The number of halogens is 3. The largest absolute Gasteiger partial charge is 0.434 e. The van der Waals surface area contributed by atoms with E-state index in [2.05, 4.69) is 26.0 Å². The number of nitrogens with one attached hydrogen (secondary N) is 1. The minimum absolute atomic E-state index is 0.116. The molecule has 19 heavy (non-hydrogen) atoms. The van der Waals surface area contributed by atoms with E-state index in [4.69, 9.17) is 5.26 Å². The fourth-order valence-corrected chi connectivity index (χ4v) is 1.65. The van der Waals surface area contributed by atoms with E-state index in [-0.39, 0.29) is 16.9 Å². The van der Waals surface area contributed by atoms with Gasteiger partial charge in [0.15, 0.2) is 0 Å². The summed E-state index contributed by atoms with van der Waals surface area (Å²) in [6.07, 6.45) is 1.18. The van der Waals surface area contributed by atoms with Gasteiger partial charge in [0, 0.05) is 17.1 Å². The first kappa shape index (κ1) is 15.1. The summed E-state index contributed by atoms with van der Waals surface area (Å²) < 4.78 is 29.4. The Morgan fingerprint density at radius 2 is 2.26 bits per heavy atom. The van der Waals surface area contributed by atoms with Crippen LogP contribution >= 0.6 is 15.9 Å². The van der Waals surface area contributed by atoms with Crippen LogP contribution in [0.25, 0.3) is 6.08 Å². The molecule has 0 bridgehead atoms. The number of nitriles is 1. The molecule has 0 unspecified atom stereocenters. The van der Waals surface area contributed by atoms with E-state index >= 15 is 0 Å². The van der Waals surface area contributed by atoms with Gasteiger partial charge < -0.3 is 10.1 Å². The predicted molar refractivity (Wildman–Crippen MR) is 68.4 cm³/mol. The summed E-state index contributed by atoms with van der Waals surface area (Å²) in [5.74, 6) is -0.722. The SMILES string of the molecule is CNC(=O)/C(C#N)=C/c1cc(Br)ccc1OC(F)F. The Balaban J connectivity index is 3.24. The zero-order valence-corrected chi connectivity index (χ0v) is 11.4. The van der Waals surface area contributed by atoms with Crippen LogP contribution in [0.4, 0.5) is 8.78 Å². The highest BCUT2D eigenvalue weighted by molar-refractivity contribution is 9.10. The molecule has 0 saturated heterocycles. The molecule has 1 rings (SSSR count). The van der Waals surface area contributed by atoms with Gasteiger partial charge in [0.25, 0.3) is 5.91 Å². The summed E-state index contributed by atoms with van der Waals surface area (Å²) in [5.41, 5.74) is -0.00505. The number of alkyl halides is 2. The second-order valence-electron chi connectivity index (χ2n) is 3.31. The first-order chi connectivity index (χ1) is 8.97. The number of amides is 1. The molecule has 4 nitrogen and oxygen atoms in total. The average molecular weight is 331 g/mol. The number of likely N-dealkylation sites (N-methyl/N-ethyl adjacent to an activating group) is 1. The lowest BCUT2D eigenvalue weighted by molar-refractivity contribution is -0.116. The van der Waals surface area contributed by atoms with Gasteiger partial charge in [-0.25, -0.2) is 0 Å². The highest BCUT2D eigenvalue weighted by Crippen LogP contribution is 2.26. The molecular weight excluding hydrogens is 322 g/mol. The molecule has 0 fully saturated rings. The number of carbonyl (C=O) groups excluding carboxylic acids is 1. The van der Waals surface area contributed by atoms with E-state index in [1.54, 1.807) is 6.07 Å². The molecule has 1 aromatic carbocycles. The Morgan fingerprint density at radius 1 is 1.58 bits per heavy atom. The van der Waals surface area contributed by atoms with Crippen LogP contribution in [0.3, 0.4) is 0 Å². The van der Waals surface area contributed by atoms with Crippen molar-refractivity contribution in [1.82, 2.24) is 5.32 Å². The molecule has 1 N–H and O–H groups in total. The van der Waals surface area contributed by atoms with Gasteiger partial charge in [-0.05, 0) is 24.3 Å². The van der Waals surface area contributed by atoms with Crippen molar-refractivity contribution in [3.63, 3.8) is 0 Å². The summed E-state index contributed by atoms with van der Waals surface area (Å²) in [6.45, 7) is -2.99. The van der Waals surface area contributed by atoms with Gasteiger partial charge >= 0.3 is 6.61 Å². The maximum absolute atomic E-state index is 12.2. The molecule has 0 aliphatic rings. The minimum atomic E-state index is -2.99. The van der Waals surface area contributed by atoms with Crippen molar-refractivity contribution in [3.05, 3.63) is 33.8 Å². The normalized spacial score (nSPS) is 11.1. The van der Waals surface area contributed by atoms with Gasteiger partial charge in [-0.1, -0.05) is 15.9 Å². The molecule has 0 radical (unpaired) electrons. The smallest absolute Gasteiger partial charge is 0.387 e. The molecule has 1 amide bonds. The molecule has 0 aromatic heterocycles. The first-order valence-corrected chi connectivity index (χ1v) is 5.85. The van der Waals surface area contributed by atoms with Crippen molar-refractivity contribution in [2.75, 3.05) is 7.05 Å². The quantitative estimate of drug-likeness (QED) is 0.682. The van der Waals surface area contributed by atoms with Crippen molar-refractivity contribution in [2.45, 2.75) is 6.61 Å². The Hall–Kier alpha value is -1.94. The van der Waals surface area contributed by atoms with Crippen LogP contribution in [0.2, 0.25) is 0 Å². The fraction of sp³-hybridized carbons (Fsp3) is 0.167. The van der Waals surface area contributed by atoms with Crippen molar-refractivity contribution < 1.29 is 18.3 Å². The van der Waals surface area contributed by atoms with Crippen molar-refractivity contribution in [2.24, 2.45) is 0 Å². The van der Waals surface area contributed by atoms with Gasteiger partial charge in [0.1, 0.15) is 17.4 Å². The van der Waals surface area contributed by atoms with E-state index in [1.807, 2.05) is 0 Å². The van der Waals surface area contributed by atoms with Crippen LogP contribution in [0.1, 0.15) is 5.56 Å². The van der Waals surface area contributed by atoms with Crippen LogP contribution in [-0.2, 0) is 4.79 Å². The fourth-order valence-electron chi connectivity index (χ4n) is 1.27. The summed E-state index contributed by atoms with van der Waals surface area (Å²) in [6, 6.07) is 6.00. The number of hydrogen-bond donors (Lipinski definition) is 1. The van der Waals surface area contributed by atoms with Gasteiger partial charge in [0.2, 0.25) is 0 Å². The zero-order valence-electron chi connectivity index (χ0n) is 9.78. The Labute approximate surface area is 116 Å².